The van der Waals surface area contributed by atoms with Crippen molar-refractivity contribution in [1.82, 2.24) is 35.5 Å². The molecule has 3 aromatic rings. The number of morpholine rings is 1. The fourth-order valence-corrected chi connectivity index (χ4v) is 4.03. The standard InChI is InChI=1S/C24H32F2N10O4/c1-4-40-24(37)28-12-16-13-39-8-6-36(16)23-32-21(31-22(33-23)30-19-9-14(2)34-35-19)29-18(5-7-38-3)20-17(26)10-15(25)11-27-20/h9-11,16,18H,4-8,12-13H2,1-3H3,(H,28,37)(H3,29,30,31,32,33,34,35)/t16-,18+/m1/s1. The number of anilines is 4. The molecule has 0 bridgehead atoms. The predicted molar refractivity (Wildman–Crippen MR) is 140 cm³/mol. The Hall–Kier alpha value is -4.18. The number of pyridine rings is 1. The molecule has 16 heteroatoms. The van der Waals surface area contributed by atoms with Gasteiger partial charge in [-0.05, 0) is 20.3 Å². The lowest BCUT2D eigenvalue weighted by atomic mass is 10.1. The van der Waals surface area contributed by atoms with E-state index in [-0.39, 0.29) is 55.8 Å². The molecule has 0 spiro atoms. The largest absolute Gasteiger partial charge is 0.450 e. The zero-order chi connectivity index (χ0) is 28.5. The molecule has 4 rings (SSSR count). The van der Waals surface area contributed by atoms with Gasteiger partial charge in [-0.3, -0.25) is 10.1 Å². The molecule has 0 saturated carbocycles. The Bertz CT molecular complexity index is 1280. The van der Waals surface area contributed by atoms with Crippen molar-refractivity contribution in [2.75, 3.05) is 62.2 Å². The number of ether oxygens (including phenoxy) is 3. The molecule has 0 radical (unpaired) electrons. The summed E-state index contributed by atoms with van der Waals surface area (Å²) in [6.45, 7) is 5.44. The van der Waals surface area contributed by atoms with Crippen LogP contribution in [0.2, 0.25) is 0 Å². The van der Waals surface area contributed by atoms with E-state index in [1.165, 1.54) is 7.11 Å². The van der Waals surface area contributed by atoms with E-state index >= 15 is 0 Å². The molecule has 4 heterocycles. The van der Waals surface area contributed by atoms with Crippen molar-refractivity contribution in [1.29, 1.82) is 0 Å². The van der Waals surface area contributed by atoms with Gasteiger partial charge in [0.25, 0.3) is 0 Å². The van der Waals surface area contributed by atoms with Gasteiger partial charge in [0.15, 0.2) is 5.82 Å². The number of halogens is 2. The maximum absolute atomic E-state index is 14.7. The number of aryl methyl sites for hydroxylation is 1. The molecule has 1 saturated heterocycles. The lowest BCUT2D eigenvalue weighted by molar-refractivity contribution is 0.0911. The van der Waals surface area contributed by atoms with Gasteiger partial charge < -0.3 is 35.1 Å². The Morgan fingerprint density at radius 1 is 1.27 bits per heavy atom. The fourth-order valence-electron chi connectivity index (χ4n) is 4.03. The Morgan fingerprint density at radius 3 is 2.83 bits per heavy atom. The number of nitrogens with zero attached hydrogens (tertiary/aromatic N) is 6. The van der Waals surface area contributed by atoms with Crippen LogP contribution in [0.15, 0.2) is 18.3 Å². The zero-order valence-electron chi connectivity index (χ0n) is 22.4. The van der Waals surface area contributed by atoms with Crippen LogP contribution in [0.25, 0.3) is 0 Å². The third-order valence-corrected chi connectivity index (χ3v) is 5.89. The number of aromatic amines is 1. The second kappa shape index (κ2) is 13.7. The Balaban J connectivity index is 1.66. The highest BCUT2D eigenvalue weighted by Gasteiger charge is 2.28. The second-order valence-corrected chi connectivity index (χ2v) is 8.87. The predicted octanol–water partition coefficient (Wildman–Crippen LogP) is 2.46. The summed E-state index contributed by atoms with van der Waals surface area (Å²) in [6.07, 6.45) is 0.690. The van der Waals surface area contributed by atoms with Crippen LogP contribution in [-0.4, -0.2) is 88.9 Å². The van der Waals surface area contributed by atoms with Gasteiger partial charge in [-0.2, -0.15) is 20.1 Å². The highest BCUT2D eigenvalue weighted by molar-refractivity contribution is 5.67. The van der Waals surface area contributed by atoms with Gasteiger partial charge in [0.05, 0.1) is 43.8 Å². The molecule has 1 aliphatic rings. The van der Waals surface area contributed by atoms with Gasteiger partial charge in [0, 0.05) is 44.6 Å². The summed E-state index contributed by atoms with van der Waals surface area (Å²) in [5.74, 6) is -0.568. The number of hydrogen-bond acceptors (Lipinski definition) is 12. The minimum atomic E-state index is -0.813. The van der Waals surface area contributed by atoms with Gasteiger partial charge in [-0.25, -0.2) is 13.6 Å². The third kappa shape index (κ3) is 7.69. The molecule has 0 unspecified atom stereocenters. The molecule has 14 nitrogen and oxygen atoms in total. The van der Waals surface area contributed by atoms with Crippen LogP contribution in [0.3, 0.4) is 0 Å². The molecule has 40 heavy (non-hydrogen) atoms. The number of carbonyl (C=O) groups is 1. The summed E-state index contributed by atoms with van der Waals surface area (Å²) in [4.78, 5) is 31.4. The number of aromatic nitrogens is 6. The molecule has 1 aliphatic heterocycles. The Morgan fingerprint density at radius 2 is 2.10 bits per heavy atom. The van der Waals surface area contributed by atoms with Crippen LogP contribution in [-0.2, 0) is 14.2 Å². The van der Waals surface area contributed by atoms with E-state index in [1.54, 1.807) is 13.0 Å². The van der Waals surface area contributed by atoms with E-state index in [0.29, 0.717) is 25.6 Å². The summed E-state index contributed by atoms with van der Waals surface area (Å²) in [5.41, 5.74) is 0.812. The van der Waals surface area contributed by atoms with Crippen LogP contribution >= 0.6 is 0 Å². The third-order valence-electron chi connectivity index (χ3n) is 5.89. The molecule has 4 N–H and O–H groups in total. The number of rotatable bonds is 12. The van der Waals surface area contributed by atoms with Crippen molar-refractivity contribution in [2.24, 2.45) is 0 Å². The van der Waals surface area contributed by atoms with Crippen LogP contribution < -0.4 is 20.9 Å². The van der Waals surface area contributed by atoms with Crippen LogP contribution in [0.1, 0.15) is 30.8 Å². The van der Waals surface area contributed by atoms with E-state index in [4.69, 9.17) is 14.2 Å². The molecule has 0 aliphatic carbocycles. The first-order valence-electron chi connectivity index (χ1n) is 12.7. The maximum Gasteiger partial charge on any atom is 0.407 e. The van der Waals surface area contributed by atoms with Gasteiger partial charge in [-0.1, -0.05) is 0 Å². The van der Waals surface area contributed by atoms with Crippen LogP contribution in [0, 0.1) is 18.6 Å². The molecule has 216 valence electrons. The van der Waals surface area contributed by atoms with Gasteiger partial charge in [0.2, 0.25) is 17.8 Å². The van der Waals surface area contributed by atoms with E-state index in [0.717, 1.165) is 18.0 Å². The normalized spacial score (nSPS) is 15.9. The first-order chi connectivity index (χ1) is 19.4. The van der Waals surface area contributed by atoms with E-state index in [2.05, 4.69) is 46.1 Å². The molecule has 0 aromatic carbocycles. The van der Waals surface area contributed by atoms with Crippen molar-refractivity contribution < 1.29 is 27.8 Å². The zero-order valence-corrected chi connectivity index (χ0v) is 22.4. The summed E-state index contributed by atoms with van der Waals surface area (Å²) in [7, 11) is 1.52. The molecular weight excluding hydrogens is 530 g/mol. The number of methoxy groups -OCH3 is 1. The Kier molecular flexibility index (Phi) is 9.91. The number of alkyl carbamates (subject to hydrolysis) is 1. The van der Waals surface area contributed by atoms with Crippen molar-refractivity contribution in [3.05, 3.63) is 41.4 Å². The molecule has 2 atom stereocenters. The monoisotopic (exact) mass is 562 g/mol. The fraction of sp³-hybridized carbons (Fsp3) is 0.500. The van der Waals surface area contributed by atoms with Crippen LogP contribution in [0.5, 0.6) is 0 Å². The van der Waals surface area contributed by atoms with E-state index in [1.807, 2.05) is 11.8 Å². The summed E-state index contributed by atoms with van der Waals surface area (Å²) in [6, 6.07) is 1.48. The van der Waals surface area contributed by atoms with Crippen molar-refractivity contribution in [2.45, 2.75) is 32.4 Å². The summed E-state index contributed by atoms with van der Waals surface area (Å²) in [5, 5.41) is 15.9. The lowest BCUT2D eigenvalue weighted by Crippen LogP contribution is -2.52. The number of nitrogens with one attached hydrogen (secondary N) is 4. The molecule has 3 aromatic heterocycles. The number of amides is 1. The minimum absolute atomic E-state index is 0.0132. The average molecular weight is 563 g/mol. The van der Waals surface area contributed by atoms with E-state index < -0.39 is 23.8 Å². The number of H-pyrrole nitrogens is 1. The summed E-state index contributed by atoms with van der Waals surface area (Å²) >= 11 is 0. The SMILES string of the molecule is CCOC(=O)NC[C@@H]1COCCN1c1nc(Nc2cc(C)[nH]n2)nc(N[C@@H](CCOC)c2ncc(F)cc2F)n1. The summed E-state index contributed by atoms with van der Waals surface area (Å²) < 4.78 is 44.0. The van der Waals surface area contributed by atoms with Gasteiger partial charge >= 0.3 is 6.09 Å². The lowest BCUT2D eigenvalue weighted by Gasteiger charge is -2.35. The quantitative estimate of drug-likeness (QED) is 0.255. The van der Waals surface area contributed by atoms with Crippen molar-refractivity contribution in [3.8, 4) is 0 Å². The highest BCUT2D eigenvalue weighted by atomic mass is 19.1. The maximum atomic E-state index is 14.7. The minimum Gasteiger partial charge on any atom is -0.450 e. The second-order valence-electron chi connectivity index (χ2n) is 8.87. The van der Waals surface area contributed by atoms with Crippen molar-refractivity contribution in [3.63, 3.8) is 0 Å². The first kappa shape index (κ1) is 28.8. The van der Waals surface area contributed by atoms with Crippen molar-refractivity contribution >= 4 is 29.8 Å². The molecular formula is C24H32F2N10O4. The molecule has 1 fully saturated rings. The Labute approximate surface area is 229 Å². The van der Waals surface area contributed by atoms with E-state index in [9.17, 15) is 13.6 Å². The number of carbonyl (C=O) groups excluding carboxylic acids is 1. The van der Waals surface area contributed by atoms with Gasteiger partial charge in [-0.15, -0.1) is 0 Å². The average Bonchev–Trinajstić information content (AvgIpc) is 3.34. The molecule has 1 amide bonds. The smallest absolute Gasteiger partial charge is 0.407 e. The first-order valence-corrected chi connectivity index (χ1v) is 12.7. The number of hydrogen-bond donors (Lipinski definition) is 4. The van der Waals surface area contributed by atoms with Gasteiger partial charge in [0.1, 0.15) is 11.6 Å². The van der Waals surface area contributed by atoms with Crippen LogP contribution in [0.4, 0.5) is 37.2 Å². The highest BCUT2D eigenvalue weighted by Crippen LogP contribution is 2.26. The topological polar surface area (TPSA) is 164 Å².